The van der Waals surface area contributed by atoms with Crippen LogP contribution in [0, 0.1) is 9.39 Å². The fourth-order valence-corrected chi connectivity index (χ4v) is 2.21. The van der Waals surface area contributed by atoms with Crippen LogP contribution in [0.15, 0.2) is 11.1 Å². The highest BCUT2D eigenvalue weighted by atomic mass is 127. The number of hydrogen-bond donors (Lipinski definition) is 1. The largest absolute Gasteiger partial charge is 0.281 e. The Hall–Kier alpha value is -0.420. The van der Waals surface area contributed by atoms with E-state index in [1.54, 1.807) is 0 Å². The van der Waals surface area contributed by atoms with Gasteiger partial charge in [-0.05, 0) is 22.6 Å². The van der Waals surface area contributed by atoms with Crippen LogP contribution in [0.25, 0.3) is 0 Å². The third-order valence-corrected chi connectivity index (χ3v) is 3.39. The predicted molar refractivity (Wildman–Crippen MR) is 53.2 cm³/mol. The first-order chi connectivity index (χ1) is 6.75. The number of halogens is 4. The van der Waals surface area contributed by atoms with E-state index in [2.05, 4.69) is 10.1 Å². The second-order valence-corrected chi connectivity index (χ2v) is 5.09. The van der Waals surface area contributed by atoms with Crippen molar-refractivity contribution in [2.45, 2.75) is 11.3 Å². The molecule has 0 atom stereocenters. The molecule has 0 aliphatic heterocycles. The second kappa shape index (κ2) is 4.22. The molecule has 0 aliphatic rings. The Labute approximate surface area is 96.9 Å². The average Bonchev–Trinajstić information content (AvgIpc) is 2.06. The van der Waals surface area contributed by atoms with Crippen molar-refractivity contribution >= 4 is 32.6 Å². The van der Waals surface area contributed by atoms with Gasteiger partial charge < -0.3 is 0 Å². The summed E-state index contributed by atoms with van der Waals surface area (Å²) in [5.41, 5.74) is -0.805. The van der Waals surface area contributed by atoms with Crippen molar-refractivity contribution in [3.05, 3.63) is 21.3 Å². The van der Waals surface area contributed by atoms with Crippen molar-refractivity contribution in [3.63, 3.8) is 0 Å². The summed E-state index contributed by atoms with van der Waals surface area (Å²) in [6.07, 6.45) is -2.49. The minimum Gasteiger partial charge on any atom is -0.253 e. The van der Waals surface area contributed by atoms with Crippen LogP contribution in [0.3, 0.4) is 0 Å². The number of sulfonamides is 1. The minimum atomic E-state index is -4.29. The van der Waals surface area contributed by atoms with Crippen LogP contribution < -0.4 is 5.14 Å². The van der Waals surface area contributed by atoms with Gasteiger partial charge in [0.1, 0.15) is 10.6 Å². The maximum atomic E-state index is 13.3. The third kappa shape index (κ3) is 2.58. The van der Waals surface area contributed by atoms with Crippen molar-refractivity contribution < 1.29 is 21.6 Å². The zero-order chi connectivity index (χ0) is 11.8. The molecule has 0 aliphatic carbocycles. The van der Waals surface area contributed by atoms with Gasteiger partial charge in [-0.3, -0.25) is 4.98 Å². The smallest absolute Gasteiger partial charge is 0.253 e. The van der Waals surface area contributed by atoms with E-state index in [1.807, 2.05) is 0 Å². The number of nitrogens with zero attached hydrogens (tertiary/aromatic N) is 1. The third-order valence-electron chi connectivity index (χ3n) is 1.47. The highest BCUT2D eigenvalue weighted by molar-refractivity contribution is 14.1. The summed E-state index contributed by atoms with van der Waals surface area (Å²) in [7, 11) is -4.29. The Morgan fingerprint density at radius 3 is 2.40 bits per heavy atom. The molecule has 0 unspecified atom stereocenters. The lowest BCUT2D eigenvalue weighted by Gasteiger charge is -2.06. The van der Waals surface area contributed by atoms with Crippen molar-refractivity contribution in [2.75, 3.05) is 0 Å². The van der Waals surface area contributed by atoms with Gasteiger partial charge in [-0.2, -0.15) is 0 Å². The minimum absolute atomic E-state index is 0.480. The molecule has 0 radical (unpaired) electrons. The van der Waals surface area contributed by atoms with E-state index in [1.165, 1.54) is 22.6 Å². The SMILES string of the molecule is NS(=O)(=O)c1cnc(C(F)F)c(I)c1F. The summed E-state index contributed by atoms with van der Waals surface area (Å²) in [5, 5.41) is 4.65. The van der Waals surface area contributed by atoms with Crippen LogP contribution in [-0.2, 0) is 10.0 Å². The highest BCUT2D eigenvalue weighted by Crippen LogP contribution is 2.27. The first kappa shape index (κ1) is 12.6. The molecule has 0 saturated heterocycles. The van der Waals surface area contributed by atoms with Crippen LogP contribution in [0.2, 0.25) is 0 Å². The Morgan fingerprint density at radius 2 is 2.00 bits per heavy atom. The molecule has 15 heavy (non-hydrogen) atoms. The lowest BCUT2D eigenvalue weighted by molar-refractivity contribution is 0.144. The molecule has 1 rings (SSSR count). The molecule has 0 fully saturated rings. The standard InChI is InChI=1S/C6H4F3IN2O2S/c7-3-2(15(11,13)14)1-12-5(4(3)10)6(8)9/h1,6H,(H2,11,13,14). The second-order valence-electron chi connectivity index (χ2n) is 2.48. The molecule has 0 spiro atoms. The van der Waals surface area contributed by atoms with Crippen LogP contribution >= 0.6 is 22.6 Å². The van der Waals surface area contributed by atoms with Crippen LogP contribution in [-0.4, -0.2) is 13.4 Å². The number of primary sulfonamides is 1. The van der Waals surface area contributed by atoms with Gasteiger partial charge in [0.2, 0.25) is 10.0 Å². The van der Waals surface area contributed by atoms with E-state index in [0.717, 1.165) is 0 Å². The first-order valence-corrected chi connectivity index (χ1v) is 6.02. The van der Waals surface area contributed by atoms with E-state index in [-0.39, 0.29) is 0 Å². The molecular formula is C6H4F3IN2O2S. The zero-order valence-electron chi connectivity index (χ0n) is 6.92. The average molecular weight is 352 g/mol. The molecular weight excluding hydrogens is 348 g/mol. The van der Waals surface area contributed by atoms with Crippen LogP contribution in [0.1, 0.15) is 12.1 Å². The van der Waals surface area contributed by atoms with E-state index in [9.17, 15) is 21.6 Å². The summed E-state index contributed by atoms with van der Waals surface area (Å²) in [6, 6.07) is 0. The van der Waals surface area contributed by atoms with Gasteiger partial charge in [-0.15, -0.1) is 0 Å². The number of rotatable bonds is 2. The molecule has 1 heterocycles. The maximum Gasteiger partial charge on any atom is 0.281 e. The summed E-state index contributed by atoms with van der Waals surface area (Å²) < 4.78 is 58.8. The molecule has 0 aromatic carbocycles. The molecule has 84 valence electrons. The quantitative estimate of drug-likeness (QED) is 0.818. The first-order valence-electron chi connectivity index (χ1n) is 3.40. The monoisotopic (exact) mass is 352 g/mol. The Morgan fingerprint density at radius 1 is 1.47 bits per heavy atom. The van der Waals surface area contributed by atoms with Crippen molar-refractivity contribution in [1.29, 1.82) is 0 Å². The normalized spacial score (nSPS) is 12.1. The number of aromatic nitrogens is 1. The molecule has 0 bridgehead atoms. The highest BCUT2D eigenvalue weighted by Gasteiger charge is 2.23. The summed E-state index contributed by atoms with van der Waals surface area (Å²) in [4.78, 5) is 2.26. The number of hydrogen-bond acceptors (Lipinski definition) is 3. The Kier molecular flexibility index (Phi) is 3.55. The van der Waals surface area contributed by atoms with E-state index in [4.69, 9.17) is 0 Å². The fraction of sp³-hybridized carbons (Fsp3) is 0.167. The van der Waals surface area contributed by atoms with Gasteiger partial charge in [0, 0.05) is 0 Å². The predicted octanol–water partition coefficient (Wildman–Crippen LogP) is 1.41. The van der Waals surface area contributed by atoms with Gasteiger partial charge in [0.15, 0.2) is 5.82 Å². The Balaban J connectivity index is 3.48. The number of alkyl halides is 2. The van der Waals surface area contributed by atoms with E-state index >= 15 is 0 Å². The van der Waals surface area contributed by atoms with Crippen molar-refractivity contribution in [3.8, 4) is 0 Å². The summed E-state index contributed by atoms with van der Waals surface area (Å²) >= 11 is 1.25. The topological polar surface area (TPSA) is 73.1 Å². The van der Waals surface area contributed by atoms with E-state index < -0.39 is 36.4 Å². The molecule has 0 amide bonds. The fourth-order valence-electron chi connectivity index (χ4n) is 0.813. The molecule has 2 N–H and O–H groups in total. The number of pyridine rings is 1. The molecule has 4 nitrogen and oxygen atoms in total. The van der Waals surface area contributed by atoms with Crippen LogP contribution in [0.4, 0.5) is 13.2 Å². The summed E-state index contributed by atoms with van der Waals surface area (Å²) in [6.45, 7) is 0. The maximum absolute atomic E-state index is 13.3. The summed E-state index contributed by atoms with van der Waals surface area (Å²) in [5.74, 6) is -1.30. The number of nitrogens with two attached hydrogens (primary N) is 1. The van der Waals surface area contributed by atoms with E-state index in [0.29, 0.717) is 6.20 Å². The van der Waals surface area contributed by atoms with Gasteiger partial charge >= 0.3 is 0 Å². The van der Waals surface area contributed by atoms with Gasteiger partial charge in [-0.1, -0.05) is 0 Å². The lowest BCUT2D eigenvalue weighted by Crippen LogP contribution is -2.16. The van der Waals surface area contributed by atoms with Gasteiger partial charge in [0.05, 0.1) is 9.77 Å². The molecule has 1 aromatic rings. The van der Waals surface area contributed by atoms with Gasteiger partial charge in [-0.25, -0.2) is 26.7 Å². The lowest BCUT2D eigenvalue weighted by atomic mass is 10.3. The Bertz CT molecular complexity index is 491. The molecule has 1 aromatic heterocycles. The zero-order valence-corrected chi connectivity index (χ0v) is 9.89. The van der Waals surface area contributed by atoms with Crippen molar-refractivity contribution in [1.82, 2.24) is 4.98 Å². The molecule has 0 saturated carbocycles. The van der Waals surface area contributed by atoms with Crippen LogP contribution in [0.5, 0.6) is 0 Å². The van der Waals surface area contributed by atoms with Crippen molar-refractivity contribution in [2.24, 2.45) is 5.14 Å². The van der Waals surface area contributed by atoms with Gasteiger partial charge in [0.25, 0.3) is 6.43 Å². The molecule has 9 heteroatoms.